The van der Waals surface area contributed by atoms with Crippen molar-refractivity contribution in [2.75, 3.05) is 53.4 Å². The number of nitrogens with one attached hydrogen (secondary N) is 2. The molecule has 6 heteroatoms. The third kappa shape index (κ3) is 11.3. The van der Waals surface area contributed by atoms with Gasteiger partial charge in [0.25, 0.3) is 0 Å². The Labute approximate surface area is 110 Å². The summed E-state index contributed by atoms with van der Waals surface area (Å²) < 4.78 is 0. The van der Waals surface area contributed by atoms with Crippen molar-refractivity contribution in [1.29, 1.82) is 0 Å². The summed E-state index contributed by atoms with van der Waals surface area (Å²) in [6.07, 6.45) is 0. The second kappa shape index (κ2) is 9.85. The first kappa shape index (κ1) is 16.9. The van der Waals surface area contributed by atoms with Gasteiger partial charge in [-0.3, -0.25) is 9.59 Å². The summed E-state index contributed by atoms with van der Waals surface area (Å²) >= 11 is 0. The molecule has 0 aliphatic heterocycles. The van der Waals surface area contributed by atoms with Crippen LogP contribution in [0.5, 0.6) is 0 Å². The number of hydrogen-bond donors (Lipinski definition) is 2. The molecule has 0 aromatic carbocycles. The molecule has 0 atom stereocenters. The van der Waals surface area contributed by atoms with E-state index in [0.717, 1.165) is 26.2 Å². The van der Waals surface area contributed by atoms with Gasteiger partial charge in [0.1, 0.15) is 0 Å². The molecule has 0 aromatic rings. The van der Waals surface area contributed by atoms with Crippen LogP contribution in [-0.2, 0) is 9.59 Å². The molecule has 0 radical (unpaired) electrons. The zero-order valence-corrected chi connectivity index (χ0v) is 12.0. The maximum Gasteiger partial charge on any atom is 0.216 e. The largest absolute Gasteiger partial charge is 0.355 e. The molecule has 6 nitrogen and oxygen atoms in total. The topological polar surface area (TPSA) is 64.7 Å². The monoisotopic (exact) mass is 258 g/mol. The molecule has 0 aliphatic carbocycles. The van der Waals surface area contributed by atoms with Crippen molar-refractivity contribution in [1.82, 2.24) is 20.4 Å². The smallest absolute Gasteiger partial charge is 0.216 e. The highest BCUT2D eigenvalue weighted by atomic mass is 16.2. The van der Waals surface area contributed by atoms with Crippen molar-refractivity contribution < 1.29 is 9.59 Å². The Hall–Kier alpha value is -1.14. The van der Waals surface area contributed by atoms with Gasteiger partial charge in [-0.1, -0.05) is 0 Å². The minimum absolute atomic E-state index is 0.0100. The van der Waals surface area contributed by atoms with E-state index in [0.29, 0.717) is 13.1 Å². The normalized spacial score (nSPS) is 10.8. The lowest BCUT2D eigenvalue weighted by molar-refractivity contribution is -0.119. The molecule has 0 fully saturated rings. The second-order valence-corrected chi connectivity index (χ2v) is 4.57. The molecule has 0 heterocycles. The fraction of sp³-hybridized carbons (Fsp3) is 0.833. The molecule has 0 saturated heterocycles. The van der Waals surface area contributed by atoms with Crippen molar-refractivity contribution >= 4 is 11.8 Å². The molecular weight excluding hydrogens is 232 g/mol. The van der Waals surface area contributed by atoms with Crippen LogP contribution in [0.1, 0.15) is 13.8 Å². The first-order valence-corrected chi connectivity index (χ1v) is 6.27. The standard InChI is InChI=1S/C12H26N4O2/c1-11(17)13-5-7-15(3)9-10-16(4)8-6-14-12(2)18/h5-10H2,1-4H3,(H,13,17)(H,14,18). The Morgan fingerprint density at radius 2 is 1.11 bits per heavy atom. The average Bonchev–Trinajstić information content (AvgIpc) is 2.25. The number of hydrogen-bond acceptors (Lipinski definition) is 4. The number of nitrogens with zero attached hydrogens (tertiary/aromatic N) is 2. The van der Waals surface area contributed by atoms with E-state index in [9.17, 15) is 9.59 Å². The number of rotatable bonds is 9. The van der Waals surface area contributed by atoms with Crippen molar-refractivity contribution in [3.05, 3.63) is 0 Å². The molecule has 18 heavy (non-hydrogen) atoms. The summed E-state index contributed by atoms with van der Waals surface area (Å²) in [5, 5.41) is 5.54. The van der Waals surface area contributed by atoms with Gasteiger partial charge in [-0.15, -0.1) is 0 Å². The van der Waals surface area contributed by atoms with Crippen molar-refractivity contribution in [2.45, 2.75) is 13.8 Å². The van der Waals surface area contributed by atoms with Gasteiger partial charge >= 0.3 is 0 Å². The van der Waals surface area contributed by atoms with Crippen molar-refractivity contribution in [2.24, 2.45) is 0 Å². The van der Waals surface area contributed by atoms with E-state index >= 15 is 0 Å². The predicted octanol–water partition coefficient (Wildman–Crippen LogP) is -0.878. The zero-order chi connectivity index (χ0) is 14.0. The molecule has 0 aliphatic rings. The Morgan fingerprint density at radius 1 is 0.778 bits per heavy atom. The first-order chi connectivity index (χ1) is 8.41. The third-order valence-electron chi connectivity index (χ3n) is 2.60. The highest BCUT2D eigenvalue weighted by Gasteiger charge is 2.02. The average molecular weight is 258 g/mol. The molecule has 2 amide bonds. The molecule has 0 rings (SSSR count). The van der Waals surface area contributed by atoms with Crippen LogP contribution in [0.3, 0.4) is 0 Å². The summed E-state index contributed by atoms with van der Waals surface area (Å²) in [5.41, 5.74) is 0. The van der Waals surface area contributed by atoms with Gasteiger partial charge in [-0.05, 0) is 14.1 Å². The Kier molecular flexibility index (Phi) is 9.22. The molecule has 0 spiro atoms. The van der Waals surface area contributed by atoms with Crippen molar-refractivity contribution in [3.8, 4) is 0 Å². The fourth-order valence-corrected chi connectivity index (χ4v) is 1.41. The maximum atomic E-state index is 10.7. The van der Waals surface area contributed by atoms with Gasteiger partial charge in [-0.2, -0.15) is 0 Å². The highest BCUT2D eigenvalue weighted by molar-refractivity contribution is 5.73. The van der Waals surface area contributed by atoms with Crippen LogP contribution < -0.4 is 10.6 Å². The van der Waals surface area contributed by atoms with E-state index in [2.05, 4.69) is 20.4 Å². The van der Waals surface area contributed by atoms with Crippen LogP contribution in [0.2, 0.25) is 0 Å². The number of amides is 2. The highest BCUT2D eigenvalue weighted by Crippen LogP contribution is 1.86. The minimum atomic E-state index is 0.0100. The second-order valence-electron chi connectivity index (χ2n) is 4.57. The molecule has 0 aromatic heterocycles. The summed E-state index contributed by atoms with van der Waals surface area (Å²) in [6.45, 7) is 7.99. The van der Waals surface area contributed by atoms with Crippen LogP contribution in [0.25, 0.3) is 0 Å². The van der Waals surface area contributed by atoms with Crippen LogP contribution in [0, 0.1) is 0 Å². The van der Waals surface area contributed by atoms with Gasteiger partial charge in [0.2, 0.25) is 11.8 Å². The Bertz CT molecular complexity index is 232. The van der Waals surface area contributed by atoms with Crippen molar-refractivity contribution in [3.63, 3.8) is 0 Å². The van der Waals surface area contributed by atoms with E-state index in [1.165, 1.54) is 13.8 Å². The molecule has 0 bridgehead atoms. The molecule has 0 unspecified atom stereocenters. The fourth-order valence-electron chi connectivity index (χ4n) is 1.41. The molecule has 2 N–H and O–H groups in total. The van der Waals surface area contributed by atoms with E-state index in [1.807, 2.05) is 14.1 Å². The quantitative estimate of drug-likeness (QED) is 0.564. The number of carbonyl (C=O) groups is 2. The Balaban J connectivity index is 3.49. The lowest BCUT2D eigenvalue weighted by Crippen LogP contribution is -2.38. The predicted molar refractivity (Wildman–Crippen MR) is 72.4 cm³/mol. The molecule has 0 saturated carbocycles. The van der Waals surface area contributed by atoms with Gasteiger partial charge in [0.05, 0.1) is 0 Å². The molecule has 106 valence electrons. The third-order valence-corrected chi connectivity index (χ3v) is 2.60. The summed E-state index contributed by atoms with van der Waals surface area (Å²) in [4.78, 5) is 25.7. The van der Waals surface area contributed by atoms with Crippen LogP contribution >= 0.6 is 0 Å². The lowest BCUT2D eigenvalue weighted by atomic mass is 10.4. The molecular formula is C12H26N4O2. The van der Waals surface area contributed by atoms with Crippen LogP contribution in [0.15, 0.2) is 0 Å². The SMILES string of the molecule is CC(=O)NCCN(C)CCN(C)CCNC(C)=O. The van der Waals surface area contributed by atoms with E-state index < -0.39 is 0 Å². The Morgan fingerprint density at radius 3 is 1.39 bits per heavy atom. The van der Waals surface area contributed by atoms with Gasteiger partial charge in [-0.25, -0.2) is 0 Å². The zero-order valence-electron chi connectivity index (χ0n) is 12.0. The maximum absolute atomic E-state index is 10.7. The van der Waals surface area contributed by atoms with E-state index in [1.54, 1.807) is 0 Å². The van der Waals surface area contributed by atoms with Gasteiger partial charge in [0, 0.05) is 53.1 Å². The number of carbonyl (C=O) groups excluding carboxylic acids is 2. The van der Waals surface area contributed by atoms with E-state index in [4.69, 9.17) is 0 Å². The van der Waals surface area contributed by atoms with Crippen LogP contribution in [-0.4, -0.2) is 75.0 Å². The lowest BCUT2D eigenvalue weighted by Gasteiger charge is -2.22. The summed E-state index contributed by atoms with van der Waals surface area (Å²) in [7, 11) is 4.06. The summed E-state index contributed by atoms with van der Waals surface area (Å²) in [6, 6.07) is 0. The first-order valence-electron chi connectivity index (χ1n) is 6.27. The minimum Gasteiger partial charge on any atom is -0.355 e. The number of likely N-dealkylation sites (N-methyl/N-ethyl adjacent to an activating group) is 2. The summed E-state index contributed by atoms with van der Waals surface area (Å²) in [5.74, 6) is 0.0200. The van der Waals surface area contributed by atoms with E-state index in [-0.39, 0.29) is 11.8 Å². The van der Waals surface area contributed by atoms with Gasteiger partial charge < -0.3 is 20.4 Å². The van der Waals surface area contributed by atoms with Gasteiger partial charge in [0.15, 0.2) is 0 Å². The van der Waals surface area contributed by atoms with Crippen LogP contribution in [0.4, 0.5) is 0 Å².